The molecular formula is C17H13Cl. The van der Waals surface area contributed by atoms with Gasteiger partial charge in [0.1, 0.15) is 0 Å². The SMILES string of the molecule is Cl/C=C\C1=CCC=Cc2c1ccc1ccccc21. The van der Waals surface area contributed by atoms with Crippen LogP contribution in [-0.2, 0) is 0 Å². The first-order chi connectivity index (χ1) is 8.90. The Kier molecular flexibility index (Phi) is 3.04. The zero-order valence-corrected chi connectivity index (χ0v) is 10.7. The van der Waals surface area contributed by atoms with E-state index in [0.717, 1.165) is 6.42 Å². The van der Waals surface area contributed by atoms with E-state index in [1.807, 2.05) is 6.08 Å². The summed E-state index contributed by atoms with van der Waals surface area (Å²) in [5.74, 6) is 0. The molecule has 0 fully saturated rings. The van der Waals surface area contributed by atoms with Gasteiger partial charge in [-0.1, -0.05) is 66.2 Å². The predicted octanol–water partition coefficient (Wildman–Crippen LogP) is 5.39. The van der Waals surface area contributed by atoms with Crippen molar-refractivity contribution in [3.8, 4) is 0 Å². The van der Waals surface area contributed by atoms with Gasteiger partial charge >= 0.3 is 0 Å². The molecule has 0 radical (unpaired) electrons. The lowest BCUT2D eigenvalue weighted by Crippen LogP contribution is -1.87. The van der Waals surface area contributed by atoms with Gasteiger partial charge in [-0.25, -0.2) is 0 Å². The van der Waals surface area contributed by atoms with Crippen LogP contribution in [0.3, 0.4) is 0 Å². The Morgan fingerprint density at radius 3 is 2.83 bits per heavy atom. The highest BCUT2D eigenvalue weighted by atomic mass is 35.5. The fraction of sp³-hybridized carbons (Fsp3) is 0.0588. The molecule has 88 valence electrons. The molecule has 0 aromatic heterocycles. The van der Waals surface area contributed by atoms with Crippen molar-refractivity contribution in [1.29, 1.82) is 0 Å². The second-order valence-electron chi connectivity index (χ2n) is 4.34. The normalized spacial score (nSPS) is 14.6. The van der Waals surface area contributed by atoms with E-state index in [9.17, 15) is 0 Å². The van der Waals surface area contributed by atoms with Gasteiger partial charge in [0.05, 0.1) is 0 Å². The van der Waals surface area contributed by atoms with Crippen molar-refractivity contribution in [2.24, 2.45) is 0 Å². The van der Waals surface area contributed by atoms with Crippen LogP contribution in [-0.4, -0.2) is 0 Å². The minimum atomic E-state index is 0.944. The molecule has 0 saturated carbocycles. The second-order valence-corrected chi connectivity index (χ2v) is 4.59. The molecule has 0 heterocycles. The lowest BCUT2D eigenvalue weighted by atomic mass is 9.95. The fourth-order valence-corrected chi connectivity index (χ4v) is 2.58. The standard InChI is InChI=1S/C17H13Cl/c18-12-11-14-6-2-4-8-17-15-7-3-1-5-13(15)9-10-16(14)17/h1,3-12H,2H2/b12-11-. The minimum Gasteiger partial charge on any atom is -0.0929 e. The van der Waals surface area contributed by atoms with Crippen LogP contribution in [0.5, 0.6) is 0 Å². The van der Waals surface area contributed by atoms with Gasteiger partial charge in [0, 0.05) is 5.54 Å². The van der Waals surface area contributed by atoms with Gasteiger partial charge in [0.2, 0.25) is 0 Å². The van der Waals surface area contributed by atoms with Crippen LogP contribution in [0.1, 0.15) is 17.5 Å². The van der Waals surface area contributed by atoms with E-state index in [4.69, 9.17) is 11.6 Å². The summed E-state index contributed by atoms with van der Waals surface area (Å²) in [6.07, 6.45) is 9.52. The third-order valence-electron chi connectivity index (χ3n) is 3.28. The summed E-state index contributed by atoms with van der Waals surface area (Å²) in [6, 6.07) is 12.8. The monoisotopic (exact) mass is 252 g/mol. The molecule has 0 N–H and O–H groups in total. The molecule has 2 aromatic rings. The van der Waals surface area contributed by atoms with Gasteiger partial charge in [-0.3, -0.25) is 0 Å². The first kappa shape index (κ1) is 11.3. The maximum atomic E-state index is 5.73. The van der Waals surface area contributed by atoms with Crippen molar-refractivity contribution in [3.63, 3.8) is 0 Å². The Morgan fingerprint density at radius 1 is 1.06 bits per heavy atom. The zero-order chi connectivity index (χ0) is 12.4. The van der Waals surface area contributed by atoms with E-state index in [0.29, 0.717) is 0 Å². The molecule has 2 aromatic carbocycles. The number of fused-ring (bicyclic) bond motifs is 3. The molecular weight excluding hydrogens is 240 g/mol. The van der Waals surface area contributed by atoms with Crippen LogP contribution < -0.4 is 0 Å². The van der Waals surface area contributed by atoms with Gasteiger partial charge in [0.15, 0.2) is 0 Å². The maximum absolute atomic E-state index is 5.73. The quantitative estimate of drug-likeness (QED) is 0.638. The third kappa shape index (κ3) is 1.89. The number of allylic oxidation sites excluding steroid dienone is 4. The van der Waals surface area contributed by atoms with Crippen LogP contribution in [0.2, 0.25) is 0 Å². The zero-order valence-electron chi connectivity index (χ0n) is 9.94. The smallest absolute Gasteiger partial charge is 0.00485 e. The summed E-state index contributed by atoms with van der Waals surface area (Å²) in [4.78, 5) is 0. The van der Waals surface area contributed by atoms with Crippen LogP contribution in [0, 0.1) is 0 Å². The van der Waals surface area contributed by atoms with Gasteiger partial charge in [-0.05, 0) is 40.0 Å². The molecule has 1 aliphatic carbocycles. The summed E-state index contributed by atoms with van der Waals surface area (Å²) in [7, 11) is 0. The molecule has 0 spiro atoms. The molecule has 0 bridgehead atoms. The molecule has 0 saturated heterocycles. The van der Waals surface area contributed by atoms with E-state index in [2.05, 4.69) is 54.6 Å². The maximum Gasteiger partial charge on any atom is 0.00485 e. The Hall–Kier alpha value is -1.79. The van der Waals surface area contributed by atoms with E-state index in [1.54, 1.807) is 5.54 Å². The molecule has 0 amide bonds. The highest BCUT2D eigenvalue weighted by Crippen LogP contribution is 2.31. The largest absolute Gasteiger partial charge is 0.0929 e. The molecule has 0 atom stereocenters. The topological polar surface area (TPSA) is 0 Å². The lowest BCUT2D eigenvalue weighted by molar-refractivity contribution is 1.43. The summed E-state index contributed by atoms with van der Waals surface area (Å²) < 4.78 is 0. The summed E-state index contributed by atoms with van der Waals surface area (Å²) in [5, 5.41) is 2.57. The van der Waals surface area contributed by atoms with E-state index >= 15 is 0 Å². The minimum absolute atomic E-state index is 0.944. The Bertz CT molecular complexity index is 675. The Labute approximate surface area is 112 Å². The Morgan fingerprint density at radius 2 is 1.94 bits per heavy atom. The van der Waals surface area contributed by atoms with Gasteiger partial charge in [-0.2, -0.15) is 0 Å². The summed E-state index contributed by atoms with van der Waals surface area (Å²) in [6.45, 7) is 0. The first-order valence-corrected chi connectivity index (χ1v) is 6.49. The molecule has 1 aliphatic rings. The Balaban J connectivity index is 2.33. The average Bonchev–Trinajstić information content (AvgIpc) is 2.62. The number of rotatable bonds is 1. The molecule has 3 rings (SSSR count). The molecule has 0 aliphatic heterocycles. The summed E-state index contributed by atoms with van der Waals surface area (Å²) in [5.41, 5.74) is 5.30. The summed E-state index contributed by atoms with van der Waals surface area (Å²) >= 11 is 5.73. The van der Waals surface area contributed by atoms with Crippen LogP contribution in [0.25, 0.3) is 22.4 Å². The first-order valence-electron chi connectivity index (χ1n) is 6.06. The van der Waals surface area contributed by atoms with Gasteiger partial charge < -0.3 is 0 Å². The van der Waals surface area contributed by atoms with Crippen molar-refractivity contribution in [3.05, 3.63) is 71.3 Å². The van der Waals surface area contributed by atoms with Gasteiger partial charge in [0.25, 0.3) is 0 Å². The highest BCUT2D eigenvalue weighted by molar-refractivity contribution is 6.26. The van der Waals surface area contributed by atoms with Gasteiger partial charge in [-0.15, -0.1) is 0 Å². The second kappa shape index (κ2) is 4.83. The fourth-order valence-electron chi connectivity index (χ4n) is 2.44. The van der Waals surface area contributed by atoms with Crippen molar-refractivity contribution >= 4 is 34.0 Å². The number of benzene rings is 2. The third-order valence-corrected chi connectivity index (χ3v) is 3.41. The van der Waals surface area contributed by atoms with Crippen molar-refractivity contribution in [2.75, 3.05) is 0 Å². The van der Waals surface area contributed by atoms with E-state index < -0.39 is 0 Å². The molecule has 0 nitrogen and oxygen atoms in total. The predicted molar refractivity (Wildman–Crippen MR) is 80.6 cm³/mol. The van der Waals surface area contributed by atoms with Crippen LogP contribution in [0.15, 0.2) is 60.2 Å². The highest BCUT2D eigenvalue weighted by Gasteiger charge is 2.09. The van der Waals surface area contributed by atoms with Crippen LogP contribution >= 0.6 is 11.6 Å². The number of hydrogen-bond donors (Lipinski definition) is 0. The average molecular weight is 253 g/mol. The van der Waals surface area contributed by atoms with Crippen molar-refractivity contribution in [1.82, 2.24) is 0 Å². The molecule has 1 heteroatoms. The molecule has 18 heavy (non-hydrogen) atoms. The number of hydrogen-bond acceptors (Lipinski definition) is 0. The van der Waals surface area contributed by atoms with Crippen LogP contribution in [0.4, 0.5) is 0 Å². The van der Waals surface area contributed by atoms with E-state index in [1.165, 1.54) is 27.5 Å². The molecule has 0 unspecified atom stereocenters. The lowest BCUT2D eigenvalue weighted by Gasteiger charge is -2.09. The van der Waals surface area contributed by atoms with E-state index in [-0.39, 0.29) is 0 Å². The van der Waals surface area contributed by atoms with Crippen molar-refractivity contribution in [2.45, 2.75) is 6.42 Å². The van der Waals surface area contributed by atoms with Crippen molar-refractivity contribution < 1.29 is 0 Å². The number of halogens is 1.